The van der Waals surface area contributed by atoms with E-state index in [1.54, 1.807) is 0 Å². The fourth-order valence-corrected chi connectivity index (χ4v) is 4.79. The van der Waals surface area contributed by atoms with E-state index in [1.165, 1.54) is 62.9 Å². The number of hydrogen-bond donors (Lipinski definition) is 2. The van der Waals surface area contributed by atoms with E-state index in [0.717, 1.165) is 32.1 Å². The number of benzene rings is 1. The number of anilines is 1. The van der Waals surface area contributed by atoms with Crippen molar-refractivity contribution in [3.63, 3.8) is 0 Å². The standard InChI is InChI=1S/C24H40N4O.HI/c1-4-29-17-14-24(12-5-6-13-24)19-26-23(25-3)27-20(2)21-10-9-11-22(18-21)28-15-7-8-16-28;/h9-11,18,20H,4-8,12-17,19H2,1-3H3,(H2,25,26,27);1H. The molecule has 0 radical (unpaired) electrons. The van der Waals surface area contributed by atoms with Gasteiger partial charge >= 0.3 is 0 Å². The number of halogens is 1. The third-order valence-electron chi connectivity index (χ3n) is 6.69. The zero-order valence-electron chi connectivity index (χ0n) is 19.1. The first kappa shape index (κ1) is 25.2. The molecule has 0 amide bonds. The summed E-state index contributed by atoms with van der Waals surface area (Å²) in [4.78, 5) is 6.99. The van der Waals surface area contributed by atoms with E-state index in [-0.39, 0.29) is 30.0 Å². The van der Waals surface area contributed by atoms with Crippen molar-refractivity contribution < 1.29 is 4.74 Å². The van der Waals surface area contributed by atoms with Crippen LogP contribution in [-0.2, 0) is 4.74 Å². The minimum Gasteiger partial charge on any atom is -0.382 e. The predicted molar refractivity (Wildman–Crippen MR) is 138 cm³/mol. The molecular weight excluding hydrogens is 487 g/mol. The van der Waals surface area contributed by atoms with Crippen LogP contribution in [0.4, 0.5) is 5.69 Å². The second-order valence-electron chi connectivity index (χ2n) is 8.73. The Hall–Kier alpha value is -1.02. The molecule has 6 heteroatoms. The topological polar surface area (TPSA) is 48.9 Å². The molecular formula is C24H41IN4O. The molecule has 0 bridgehead atoms. The summed E-state index contributed by atoms with van der Waals surface area (Å²) in [6.45, 7) is 9.30. The molecule has 30 heavy (non-hydrogen) atoms. The van der Waals surface area contributed by atoms with Crippen molar-refractivity contribution >= 4 is 35.6 Å². The largest absolute Gasteiger partial charge is 0.382 e. The average Bonchev–Trinajstić information content (AvgIpc) is 3.44. The Balaban J connectivity index is 0.00000320. The summed E-state index contributed by atoms with van der Waals surface area (Å²) < 4.78 is 5.65. The van der Waals surface area contributed by atoms with Gasteiger partial charge < -0.3 is 20.3 Å². The Labute approximate surface area is 200 Å². The zero-order valence-corrected chi connectivity index (χ0v) is 21.4. The second-order valence-corrected chi connectivity index (χ2v) is 8.73. The van der Waals surface area contributed by atoms with Crippen LogP contribution in [0, 0.1) is 5.41 Å². The molecule has 1 aliphatic heterocycles. The number of ether oxygens (including phenoxy) is 1. The molecule has 3 rings (SSSR count). The van der Waals surface area contributed by atoms with Gasteiger partial charge in [-0.25, -0.2) is 0 Å². The molecule has 1 heterocycles. The van der Waals surface area contributed by atoms with Crippen LogP contribution in [0.1, 0.15) is 70.4 Å². The normalized spacial score (nSPS) is 19.4. The summed E-state index contributed by atoms with van der Waals surface area (Å²) in [5.74, 6) is 0.895. The highest BCUT2D eigenvalue weighted by atomic mass is 127. The van der Waals surface area contributed by atoms with Gasteiger partial charge in [-0.2, -0.15) is 0 Å². The van der Waals surface area contributed by atoms with Crippen molar-refractivity contribution in [2.75, 3.05) is 44.8 Å². The van der Waals surface area contributed by atoms with Gasteiger partial charge in [0, 0.05) is 45.6 Å². The Kier molecular flexibility index (Phi) is 10.7. The first-order valence-corrected chi connectivity index (χ1v) is 11.6. The lowest BCUT2D eigenvalue weighted by Gasteiger charge is -2.30. The zero-order chi connectivity index (χ0) is 20.5. The highest BCUT2D eigenvalue weighted by Crippen LogP contribution is 2.40. The third-order valence-corrected chi connectivity index (χ3v) is 6.69. The number of aliphatic imine (C=N–C) groups is 1. The fourth-order valence-electron chi connectivity index (χ4n) is 4.79. The van der Waals surface area contributed by atoms with E-state index in [2.05, 4.69) is 58.6 Å². The van der Waals surface area contributed by atoms with Gasteiger partial charge in [0.25, 0.3) is 0 Å². The van der Waals surface area contributed by atoms with Crippen LogP contribution in [0.25, 0.3) is 0 Å². The molecule has 1 saturated carbocycles. The van der Waals surface area contributed by atoms with E-state index in [4.69, 9.17) is 4.74 Å². The van der Waals surface area contributed by atoms with E-state index in [0.29, 0.717) is 5.41 Å². The maximum Gasteiger partial charge on any atom is 0.191 e. The summed E-state index contributed by atoms with van der Waals surface area (Å²) >= 11 is 0. The van der Waals surface area contributed by atoms with Gasteiger partial charge in [-0.05, 0) is 69.1 Å². The molecule has 2 fully saturated rings. The maximum atomic E-state index is 5.65. The Morgan fingerprint density at radius 1 is 1.20 bits per heavy atom. The minimum absolute atomic E-state index is 0. The number of rotatable bonds is 9. The highest BCUT2D eigenvalue weighted by Gasteiger charge is 2.33. The molecule has 1 atom stereocenters. The fraction of sp³-hybridized carbons (Fsp3) is 0.708. The molecule has 170 valence electrons. The summed E-state index contributed by atoms with van der Waals surface area (Å²) in [6, 6.07) is 9.17. The number of guanidine groups is 1. The smallest absolute Gasteiger partial charge is 0.191 e. The van der Waals surface area contributed by atoms with Crippen LogP contribution >= 0.6 is 24.0 Å². The van der Waals surface area contributed by atoms with Gasteiger partial charge in [0.2, 0.25) is 0 Å². The van der Waals surface area contributed by atoms with Crippen LogP contribution in [0.5, 0.6) is 0 Å². The lowest BCUT2D eigenvalue weighted by molar-refractivity contribution is 0.105. The average molecular weight is 529 g/mol. The Morgan fingerprint density at radius 3 is 2.60 bits per heavy atom. The van der Waals surface area contributed by atoms with Crippen LogP contribution < -0.4 is 15.5 Å². The van der Waals surface area contributed by atoms with E-state index in [1.807, 2.05) is 7.05 Å². The summed E-state index contributed by atoms with van der Waals surface area (Å²) in [5.41, 5.74) is 3.01. The SMILES string of the molecule is CCOCCC1(CNC(=NC)NC(C)c2cccc(N3CCCC3)c2)CCCC1.I. The van der Waals surface area contributed by atoms with Gasteiger partial charge in [0.05, 0.1) is 6.04 Å². The van der Waals surface area contributed by atoms with Crippen molar-refractivity contribution in [1.29, 1.82) is 0 Å². The molecule has 1 aromatic carbocycles. The molecule has 2 aliphatic rings. The van der Waals surface area contributed by atoms with Crippen molar-refractivity contribution in [3.8, 4) is 0 Å². The number of hydrogen-bond acceptors (Lipinski definition) is 3. The van der Waals surface area contributed by atoms with E-state index in [9.17, 15) is 0 Å². The van der Waals surface area contributed by atoms with Crippen LogP contribution in [0.15, 0.2) is 29.3 Å². The van der Waals surface area contributed by atoms with Gasteiger partial charge in [-0.1, -0.05) is 25.0 Å². The monoisotopic (exact) mass is 528 g/mol. The Bertz CT molecular complexity index is 654. The third kappa shape index (κ3) is 7.01. The molecule has 0 aromatic heterocycles. The van der Waals surface area contributed by atoms with Gasteiger partial charge in [-0.3, -0.25) is 4.99 Å². The van der Waals surface area contributed by atoms with Gasteiger partial charge in [0.15, 0.2) is 5.96 Å². The molecule has 1 saturated heterocycles. The molecule has 2 N–H and O–H groups in total. The van der Waals surface area contributed by atoms with Crippen LogP contribution in [-0.4, -0.2) is 45.9 Å². The predicted octanol–water partition coefficient (Wildman–Crippen LogP) is 5.12. The van der Waals surface area contributed by atoms with Crippen molar-refractivity contribution in [2.24, 2.45) is 10.4 Å². The van der Waals surface area contributed by atoms with E-state index >= 15 is 0 Å². The first-order valence-electron chi connectivity index (χ1n) is 11.6. The second kappa shape index (κ2) is 12.7. The minimum atomic E-state index is 0. The summed E-state index contributed by atoms with van der Waals surface area (Å²) in [6.07, 6.45) is 8.99. The van der Waals surface area contributed by atoms with E-state index < -0.39 is 0 Å². The molecule has 1 unspecified atom stereocenters. The lowest BCUT2D eigenvalue weighted by Crippen LogP contribution is -2.44. The quantitative estimate of drug-likeness (QED) is 0.202. The molecule has 5 nitrogen and oxygen atoms in total. The Morgan fingerprint density at radius 2 is 1.93 bits per heavy atom. The number of nitrogens with zero attached hydrogens (tertiary/aromatic N) is 2. The molecule has 1 aliphatic carbocycles. The summed E-state index contributed by atoms with van der Waals surface area (Å²) in [7, 11) is 1.87. The molecule has 1 aromatic rings. The lowest BCUT2D eigenvalue weighted by atomic mass is 9.83. The van der Waals surface area contributed by atoms with Crippen molar-refractivity contribution in [2.45, 2.75) is 64.8 Å². The summed E-state index contributed by atoms with van der Waals surface area (Å²) in [5, 5.41) is 7.22. The first-order chi connectivity index (χ1) is 14.2. The highest BCUT2D eigenvalue weighted by molar-refractivity contribution is 14.0. The van der Waals surface area contributed by atoms with Gasteiger partial charge in [-0.15, -0.1) is 24.0 Å². The number of nitrogens with one attached hydrogen (secondary N) is 2. The molecule has 0 spiro atoms. The van der Waals surface area contributed by atoms with Crippen LogP contribution in [0.2, 0.25) is 0 Å². The van der Waals surface area contributed by atoms with Gasteiger partial charge in [0.1, 0.15) is 0 Å². The van der Waals surface area contributed by atoms with Crippen molar-refractivity contribution in [3.05, 3.63) is 29.8 Å². The maximum absolute atomic E-state index is 5.65. The van der Waals surface area contributed by atoms with Crippen molar-refractivity contribution in [1.82, 2.24) is 10.6 Å². The van der Waals surface area contributed by atoms with Crippen LogP contribution in [0.3, 0.4) is 0 Å².